The lowest BCUT2D eigenvalue weighted by Crippen LogP contribution is -2.49. The van der Waals surface area contributed by atoms with Crippen LogP contribution in [0.1, 0.15) is 36.0 Å². The summed E-state index contributed by atoms with van der Waals surface area (Å²) in [4.78, 5) is 28.4. The van der Waals surface area contributed by atoms with E-state index >= 15 is 0 Å². The fourth-order valence-electron chi connectivity index (χ4n) is 5.25. The number of hydrogen-bond acceptors (Lipinski definition) is 3. The Morgan fingerprint density at radius 1 is 0.861 bits per heavy atom. The molecule has 36 heavy (non-hydrogen) atoms. The van der Waals surface area contributed by atoms with Crippen molar-refractivity contribution in [3.63, 3.8) is 0 Å². The Morgan fingerprint density at radius 3 is 2.44 bits per heavy atom. The van der Waals surface area contributed by atoms with Gasteiger partial charge in [-0.2, -0.15) is 0 Å². The van der Waals surface area contributed by atoms with E-state index in [0.717, 1.165) is 43.7 Å². The predicted octanol–water partition coefficient (Wildman–Crippen LogP) is 4.59. The second-order valence-corrected chi connectivity index (χ2v) is 9.74. The lowest BCUT2D eigenvalue weighted by Gasteiger charge is -2.20. The van der Waals surface area contributed by atoms with Crippen molar-refractivity contribution < 1.29 is 9.59 Å². The number of amides is 3. The summed E-state index contributed by atoms with van der Waals surface area (Å²) in [7, 11) is 0. The summed E-state index contributed by atoms with van der Waals surface area (Å²) in [6.07, 6.45) is 4.74. The second-order valence-electron chi connectivity index (χ2n) is 9.74. The van der Waals surface area contributed by atoms with Crippen LogP contribution >= 0.6 is 0 Å². The normalized spacial score (nSPS) is 15.1. The van der Waals surface area contributed by atoms with Crippen molar-refractivity contribution in [3.05, 3.63) is 89.5 Å². The number of fused-ring (bicyclic) bond motifs is 3. The summed E-state index contributed by atoms with van der Waals surface area (Å²) < 4.78 is 0. The molecule has 1 atom stereocenters. The van der Waals surface area contributed by atoms with E-state index in [-0.39, 0.29) is 11.9 Å². The number of anilines is 1. The largest absolute Gasteiger partial charge is 0.354 e. The van der Waals surface area contributed by atoms with E-state index in [1.165, 1.54) is 35.1 Å². The van der Waals surface area contributed by atoms with Crippen LogP contribution in [-0.2, 0) is 17.6 Å². The number of carbonyl (C=O) groups excluding carboxylic acids is 2. The Labute approximate surface area is 213 Å². The van der Waals surface area contributed by atoms with Gasteiger partial charge >= 0.3 is 6.03 Å². The van der Waals surface area contributed by atoms with Gasteiger partial charge in [-0.3, -0.25) is 4.79 Å². The second kappa shape index (κ2) is 11.4. The maximum atomic E-state index is 13.0. The first-order chi connectivity index (χ1) is 17.7. The van der Waals surface area contributed by atoms with Gasteiger partial charge in [0.05, 0.1) is 0 Å². The molecule has 3 amide bonds. The minimum Gasteiger partial charge on any atom is -0.354 e. The average Bonchev–Trinajstić information content (AvgIpc) is 3.54. The standard InChI is InChI=1S/C30H34N4O2/c35-29(31-15-8-18-34-16-6-7-17-34)28(19-22-9-2-1-3-10-22)33-30(36)32-25-13-14-27-24(21-25)20-23-11-4-5-12-26(23)27/h1-5,9-14,21,28H,6-8,15-20H2,(H,31,35)(H2,32,33,36). The van der Waals surface area contributed by atoms with E-state index in [1.807, 2.05) is 42.5 Å². The van der Waals surface area contributed by atoms with Crippen LogP contribution in [0, 0.1) is 0 Å². The number of likely N-dealkylation sites (tertiary alicyclic amines) is 1. The van der Waals surface area contributed by atoms with Crippen LogP contribution in [0.2, 0.25) is 0 Å². The number of benzene rings is 3. The molecule has 0 radical (unpaired) electrons. The minimum atomic E-state index is -0.655. The highest BCUT2D eigenvalue weighted by molar-refractivity contribution is 5.94. The molecule has 0 aromatic heterocycles. The Kier molecular flexibility index (Phi) is 7.62. The topological polar surface area (TPSA) is 73.5 Å². The van der Waals surface area contributed by atoms with Crippen LogP contribution in [0.15, 0.2) is 72.8 Å². The van der Waals surface area contributed by atoms with Gasteiger partial charge in [-0.1, -0.05) is 60.7 Å². The summed E-state index contributed by atoms with van der Waals surface area (Å²) in [5.74, 6) is -0.153. The molecule has 0 saturated carbocycles. The molecule has 1 fully saturated rings. The first-order valence-corrected chi connectivity index (χ1v) is 13.0. The van der Waals surface area contributed by atoms with Gasteiger partial charge < -0.3 is 20.9 Å². The number of hydrogen-bond donors (Lipinski definition) is 3. The van der Waals surface area contributed by atoms with Gasteiger partial charge in [0.2, 0.25) is 5.91 Å². The van der Waals surface area contributed by atoms with Crippen molar-refractivity contribution >= 4 is 17.6 Å². The summed E-state index contributed by atoms with van der Waals surface area (Å²) >= 11 is 0. The molecule has 0 bridgehead atoms. The zero-order valence-electron chi connectivity index (χ0n) is 20.6. The lowest BCUT2D eigenvalue weighted by molar-refractivity contribution is -0.122. The van der Waals surface area contributed by atoms with Gasteiger partial charge in [-0.05, 0) is 85.3 Å². The van der Waals surface area contributed by atoms with E-state index in [2.05, 4.69) is 51.2 Å². The maximum Gasteiger partial charge on any atom is 0.319 e. The summed E-state index contributed by atoms with van der Waals surface area (Å²) in [5, 5.41) is 8.88. The molecule has 1 aliphatic carbocycles. The Morgan fingerprint density at radius 2 is 1.61 bits per heavy atom. The SMILES string of the molecule is O=C(Nc1ccc2c(c1)Cc1ccccc1-2)NC(Cc1ccccc1)C(=O)NCCCN1CCCC1. The van der Waals surface area contributed by atoms with Gasteiger partial charge in [-0.15, -0.1) is 0 Å². The van der Waals surface area contributed by atoms with Crippen molar-refractivity contribution in [3.8, 4) is 11.1 Å². The monoisotopic (exact) mass is 482 g/mol. The summed E-state index contributed by atoms with van der Waals surface area (Å²) in [6.45, 7) is 3.91. The smallest absolute Gasteiger partial charge is 0.319 e. The zero-order chi connectivity index (χ0) is 24.7. The fraction of sp³-hybridized carbons (Fsp3) is 0.333. The average molecular weight is 483 g/mol. The Hall–Kier alpha value is -3.64. The van der Waals surface area contributed by atoms with Gasteiger partial charge in [0.1, 0.15) is 6.04 Å². The van der Waals surface area contributed by atoms with Crippen molar-refractivity contribution in [2.24, 2.45) is 0 Å². The van der Waals surface area contributed by atoms with Crippen LogP contribution in [0.5, 0.6) is 0 Å². The van der Waals surface area contributed by atoms with E-state index < -0.39 is 6.04 Å². The van der Waals surface area contributed by atoms with Crippen LogP contribution < -0.4 is 16.0 Å². The van der Waals surface area contributed by atoms with E-state index in [4.69, 9.17) is 0 Å². The highest BCUT2D eigenvalue weighted by Gasteiger charge is 2.22. The number of carbonyl (C=O) groups is 2. The molecule has 6 heteroatoms. The number of rotatable bonds is 9. The van der Waals surface area contributed by atoms with Crippen molar-refractivity contribution in [1.82, 2.24) is 15.5 Å². The highest BCUT2D eigenvalue weighted by Crippen LogP contribution is 2.37. The molecule has 2 aliphatic rings. The molecule has 5 rings (SSSR count). The van der Waals surface area contributed by atoms with Gasteiger partial charge in [0.25, 0.3) is 0 Å². The van der Waals surface area contributed by atoms with Crippen molar-refractivity contribution in [2.75, 3.05) is 31.5 Å². The Balaban J connectivity index is 1.19. The zero-order valence-corrected chi connectivity index (χ0v) is 20.6. The fourth-order valence-corrected chi connectivity index (χ4v) is 5.25. The highest BCUT2D eigenvalue weighted by atomic mass is 16.2. The number of urea groups is 1. The number of nitrogens with zero attached hydrogens (tertiary/aromatic N) is 1. The third-order valence-corrected chi connectivity index (χ3v) is 7.11. The first-order valence-electron chi connectivity index (χ1n) is 13.0. The lowest BCUT2D eigenvalue weighted by atomic mass is 10.1. The molecule has 1 unspecified atom stereocenters. The van der Waals surface area contributed by atoms with Gasteiger partial charge in [0.15, 0.2) is 0 Å². The molecule has 1 aliphatic heterocycles. The quantitative estimate of drug-likeness (QED) is 0.306. The summed E-state index contributed by atoms with van der Waals surface area (Å²) in [5.41, 5.74) is 6.71. The molecule has 6 nitrogen and oxygen atoms in total. The molecule has 0 spiro atoms. The Bertz CT molecular complexity index is 1200. The van der Waals surface area contributed by atoms with Crippen LogP contribution in [0.4, 0.5) is 10.5 Å². The van der Waals surface area contributed by atoms with Crippen LogP contribution in [0.25, 0.3) is 11.1 Å². The summed E-state index contributed by atoms with van der Waals surface area (Å²) in [6, 6.07) is 23.2. The molecule has 186 valence electrons. The van der Waals surface area contributed by atoms with Crippen molar-refractivity contribution in [2.45, 2.75) is 38.1 Å². The van der Waals surface area contributed by atoms with E-state index in [9.17, 15) is 9.59 Å². The molecule has 3 N–H and O–H groups in total. The van der Waals surface area contributed by atoms with Crippen LogP contribution in [0.3, 0.4) is 0 Å². The first kappa shape index (κ1) is 24.1. The van der Waals surface area contributed by atoms with Gasteiger partial charge in [0, 0.05) is 18.7 Å². The molecule has 3 aromatic rings. The molecule has 3 aromatic carbocycles. The van der Waals surface area contributed by atoms with Crippen molar-refractivity contribution in [1.29, 1.82) is 0 Å². The third-order valence-electron chi connectivity index (χ3n) is 7.11. The molecule has 1 heterocycles. The van der Waals surface area contributed by atoms with E-state index in [1.54, 1.807) is 0 Å². The molecule has 1 saturated heterocycles. The number of nitrogens with one attached hydrogen (secondary N) is 3. The third kappa shape index (κ3) is 5.94. The molecular formula is C30H34N4O2. The van der Waals surface area contributed by atoms with Crippen LogP contribution in [-0.4, -0.2) is 49.1 Å². The van der Waals surface area contributed by atoms with E-state index in [0.29, 0.717) is 13.0 Å². The molecular weight excluding hydrogens is 448 g/mol. The minimum absolute atomic E-state index is 0.153. The predicted molar refractivity (Wildman–Crippen MR) is 144 cm³/mol. The van der Waals surface area contributed by atoms with Gasteiger partial charge in [-0.25, -0.2) is 4.79 Å². The maximum absolute atomic E-state index is 13.0.